The number of methoxy groups -OCH3 is 1. The molecule has 1 saturated heterocycles. The third kappa shape index (κ3) is 3.74. The van der Waals surface area contributed by atoms with Crippen LogP contribution in [-0.4, -0.2) is 88.1 Å². The zero-order valence-corrected chi connectivity index (χ0v) is 19.1. The summed E-state index contributed by atoms with van der Waals surface area (Å²) >= 11 is 0. The van der Waals surface area contributed by atoms with Gasteiger partial charge in [0.05, 0.1) is 7.11 Å². The van der Waals surface area contributed by atoms with Crippen molar-refractivity contribution in [1.29, 1.82) is 0 Å². The predicted octanol–water partition coefficient (Wildman–Crippen LogP) is 0.233. The number of carbonyl (C=O) groups excluding carboxylic acids is 1. The van der Waals surface area contributed by atoms with E-state index in [1.165, 1.54) is 11.1 Å². The van der Waals surface area contributed by atoms with Crippen LogP contribution < -0.4 is 9.47 Å². The van der Waals surface area contributed by atoms with E-state index in [1.54, 1.807) is 7.11 Å². The molecule has 10 nitrogen and oxygen atoms in total. The van der Waals surface area contributed by atoms with Crippen molar-refractivity contribution >= 4 is 30.1 Å². The second-order valence-corrected chi connectivity index (χ2v) is 8.85. The number of piperidine rings is 1. The molecule has 1 saturated carbocycles. The average molecular weight is 486 g/mol. The van der Waals surface area contributed by atoms with Gasteiger partial charge in [-0.2, -0.15) is 0 Å². The van der Waals surface area contributed by atoms with E-state index in [0.29, 0.717) is 18.4 Å². The number of carboxylic acids is 2. The maximum Gasteiger partial charge on any atom is 0.335 e. The highest BCUT2D eigenvalue weighted by Gasteiger charge is 2.65. The molecule has 1 aromatic carbocycles. The Labute approximate surface area is 196 Å². The van der Waals surface area contributed by atoms with E-state index in [0.717, 1.165) is 37.3 Å². The lowest BCUT2D eigenvalue weighted by molar-refractivity contribution is -0.165. The number of carboxylic acid groups (broad SMARTS) is 2. The number of likely N-dealkylation sites (tertiary alicyclic amines) is 1. The summed E-state index contributed by atoms with van der Waals surface area (Å²) in [4.78, 5) is 34.7. The molecule has 6 atom stereocenters. The molecule has 182 valence electrons. The Morgan fingerprint density at radius 3 is 2.42 bits per heavy atom. The highest BCUT2D eigenvalue weighted by atomic mass is 35.5. The summed E-state index contributed by atoms with van der Waals surface area (Å²) in [5.74, 6) is -1.08. The monoisotopic (exact) mass is 485 g/mol. The fraction of sp³-hybridized carbons (Fsp3) is 0.591. The van der Waals surface area contributed by atoms with Crippen molar-refractivity contribution < 1.29 is 44.3 Å². The highest BCUT2D eigenvalue weighted by Crippen LogP contribution is 2.63. The molecule has 33 heavy (non-hydrogen) atoms. The fourth-order valence-corrected chi connectivity index (χ4v) is 5.94. The Morgan fingerprint density at radius 1 is 1.21 bits per heavy atom. The Hall–Kier alpha value is -2.40. The molecule has 0 unspecified atom stereocenters. The van der Waals surface area contributed by atoms with Crippen molar-refractivity contribution in [3.05, 3.63) is 23.3 Å². The molecule has 1 aromatic rings. The summed E-state index contributed by atoms with van der Waals surface area (Å²) in [5.41, 5.74) is 2.57. The van der Waals surface area contributed by atoms with Gasteiger partial charge in [0.15, 0.2) is 35.6 Å². The molecule has 2 fully saturated rings. The molecule has 0 aromatic heterocycles. The summed E-state index contributed by atoms with van der Waals surface area (Å²) in [6, 6.07) is 4.73. The zero-order valence-electron chi connectivity index (χ0n) is 18.3. The van der Waals surface area contributed by atoms with Crippen LogP contribution in [-0.2, 0) is 26.2 Å². The minimum absolute atomic E-state index is 0. The maximum absolute atomic E-state index is 12.6. The number of rotatable bonds is 4. The lowest BCUT2D eigenvalue weighted by Crippen LogP contribution is -2.65. The molecule has 4 N–H and O–H groups in total. The van der Waals surface area contributed by atoms with Gasteiger partial charge in [0.2, 0.25) is 0 Å². The van der Waals surface area contributed by atoms with E-state index in [1.807, 2.05) is 6.07 Å². The number of benzene rings is 1. The molecule has 2 aliphatic heterocycles. The predicted molar refractivity (Wildman–Crippen MR) is 116 cm³/mol. The van der Waals surface area contributed by atoms with Crippen LogP contribution in [0.2, 0.25) is 0 Å². The molecule has 0 amide bonds. The van der Waals surface area contributed by atoms with E-state index in [-0.39, 0.29) is 29.7 Å². The van der Waals surface area contributed by atoms with Gasteiger partial charge in [-0.3, -0.25) is 4.79 Å². The molecular weight excluding hydrogens is 458 g/mol. The number of aliphatic hydroxyl groups is 2. The van der Waals surface area contributed by atoms with Crippen molar-refractivity contribution in [2.24, 2.45) is 5.92 Å². The second-order valence-electron chi connectivity index (χ2n) is 8.85. The lowest BCUT2D eigenvalue weighted by atomic mass is 9.52. The third-order valence-electron chi connectivity index (χ3n) is 7.40. The Kier molecular flexibility index (Phi) is 6.95. The van der Waals surface area contributed by atoms with Gasteiger partial charge in [-0.1, -0.05) is 6.07 Å². The van der Waals surface area contributed by atoms with Gasteiger partial charge >= 0.3 is 11.9 Å². The van der Waals surface area contributed by atoms with Gasteiger partial charge in [-0.05, 0) is 50.4 Å². The molecule has 4 aliphatic rings. The summed E-state index contributed by atoms with van der Waals surface area (Å²) in [6.07, 6.45) is -1.06. The molecule has 2 aliphatic carbocycles. The van der Waals surface area contributed by atoms with Crippen LogP contribution in [0.5, 0.6) is 11.5 Å². The summed E-state index contributed by atoms with van der Waals surface area (Å²) < 4.78 is 11.8. The van der Waals surface area contributed by atoms with Crippen molar-refractivity contribution in [2.45, 2.75) is 55.5 Å². The van der Waals surface area contributed by atoms with Crippen LogP contribution in [0.1, 0.15) is 30.4 Å². The molecule has 1 spiro atoms. The highest BCUT2D eigenvalue weighted by molar-refractivity contribution is 5.89. The number of carbonyl (C=O) groups is 3. The average Bonchev–Trinajstić information content (AvgIpc) is 3.12. The first-order valence-electron chi connectivity index (χ1n) is 10.5. The smallest absolute Gasteiger partial charge is 0.335 e. The van der Waals surface area contributed by atoms with Gasteiger partial charge in [0, 0.05) is 23.4 Å². The molecule has 5 rings (SSSR count). The van der Waals surface area contributed by atoms with Crippen molar-refractivity contribution in [2.75, 3.05) is 20.7 Å². The Bertz CT molecular complexity index is 951. The van der Waals surface area contributed by atoms with Gasteiger partial charge in [0.1, 0.15) is 0 Å². The molecular formula is C22H28ClNO9. The molecule has 2 heterocycles. The Balaban J connectivity index is 0.000000241. The minimum Gasteiger partial charge on any atom is -0.493 e. The van der Waals surface area contributed by atoms with Gasteiger partial charge in [-0.25, -0.2) is 9.59 Å². The first kappa shape index (κ1) is 25.2. The van der Waals surface area contributed by atoms with Crippen molar-refractivity contribution in [3.8, 4) is 11.5 Å². The van der Waals surface area contributed by atoms with Crippen LogP contribution in [0.4, 0.5) is 0 Å². The number of aliphatic hydroxyl groups excluding tert-OH is 2. The van der Waals surface area contributed by atoms with E-state index in [2.05, 4.69) is 18.0 Å². The van der Waals surface area contributed by atoms with E-state index in [4.69, 9.17) is 29.9 Å². The van der Waals surface area contributed by atoms with E-state index < -0.39 is 24.1 Å². The first-order valence-corrected chi connectivity index (χ1v) is 10.5. The largest absolute Gasteiger partial charge is 0.493 e. The number of ether oxygens (including phenoxy) is 2. The molecule has 0 radical (unpaired) electrons. The molecule has 2 bridgehead atoms. The minimum atomic E-state index is -2.27. The summed E-state index contributed by atoms with van der Waals surface area (Å²) in [6.45, 7) is 1.05. The van der Waals surface area contributed by atoms with Crippen LogP contribution >= 0.6 is 12.4 Å². The Morgan fingerprint density at radius 2 is 1.85 bits per heavy atom. The SMILES string of the molecule is COc1ccc2c3c1O[C@H]1C(=O)CC[C@H]4[C@@H](C2)N(C)CC[C@]314.Cl.O=C(O)[C@H](O)[C@@H](O)C(=O)O. The number of ketones is 1. The van der Waals surface area contributed by atoms with Gasteiger partial charge in [0.25, 0.3) is 0 Å². The van der Waals surface area contributed by atoms with Crippen LogP contribution in [0, 0.1) is 5.92 Å². The summed E-state index contributed by atoms with van der Waals surface area (Å²) in [7, 11) is 3.91. The number of aliphatic carboxylic acids is 2. The van der Waals surface area contributed by atoms with E-state index in [9.17, 15) is 14.4 Å². The zero-order chi connectivity index (χ0) is 23.4. The van der Waals surface area contributed by atoms with Gasteiger partial charge in [-0.15, -0.1) is 12.4 Å². The summed E-state index contributed by atoms with van der Waals surface area (Å²) in [5, 5.41) is 32.5. The second kappa shape index (κ2) is 9.09. The number of Topliss-reactive ketones (excluding diaryl/α,β-unsaturated/α-hetero) is 1. The van der Waals surface area contributed by atoms with Crippen molar-refractivity contribution in [1.82, 2.24) is 4.90 Å². The maximum atomic E-state index is 12.6. The molecule has 11 heteroatoms. The first-order chi connectivity index (χ1) is 15.1. The number of hydrogen-bond acceptors (Lipinski definition) is 8. The normalized spacial score (nSPS) is 30.4. The van der Waals surface area contributed by atoms with Crippen LogP contribution in [0.25, 0.3) is 0 Å². The fourth-order valence-electron chi connectivity index (χ4n) is 5.94. The van der Waals surface area contributed by atoms with E-state index >= 15 is 0 Å². The topological polar surface area (TPSA) is 154 Å². The van der Waals surface area contributed by atoms with Crippen LogP contribution in [0.3, 0.4) is 0 Å². The lowest BCUT2D eigenvalue weighted by Gasteiger charge is -2.57. The van der Waals surface area contributed by atoms with Crippen LogP contribution in [0.15, 0.2) is 12.1 Å². The quantitative estimate of drug-likeness (QED) is 0.466. The number of halogens is 1. The number of nitrogens with zero attached hydrogens (tertiary/aromatic N) is 1. The van der Waals surface area contributed by atoms with Gasteiger partial charge < -0.3 is 34.8 Å². The third-order valence-corrected chi connectivity index (χ3v) is 7.40. The number of hydrogen-bond donors (Lipinski definition) is 4. The standard InChI is InChI=1S/C18H21NO3.C4H6O6.ClH/c1-19-8-7-18-11-4-5-13(20)17(18)22-16-14(21-2)6-3-10(15(16)18)9-12(11)19;5-1(3(7)8)2(6)4(9)10;/h3,6,11-12,17H,4-5,7-9H2,1-2H3;1-2,5-6H,(H,7,8)(H,9,10);1H/t11-,12+,17-,18-;1-,2-;/m01./s1. The number of likely N-dealkylation sites (N-methyl/N-ethyl adjacent to an activating group) is 1. The van der Waals surface area contributed by atoms with Crippen molar-refractivity contribution in [3.63, 3.8) is 0 Å².